The Kier molecular flexibility index (Phi) is 7.78. The van der Waals surface area contributed by atoms with Gasteiger partial charge in [0, 0.05) is 0 Å². The zero-order valence-corrected chi connectivity index (χ0v) is 28.0. The van der Waals surface area contributed by atoms with Crippen LogP contribution in [0.2, 0.25) is 20.8 Å². The molecule has 0 saturated carbocycles. The van der Waals surface area contributed by atoms with Gasteiger partial charge in [0.15, 0.2) is 0 Å². The van der Waals surface area contributed by atoms with Crippen molar-refractivity contribution >= 4 is 21.7 Å². The van der Waals surface area contributed by atoms with Gasteiger partial charge in [0.05, 0.1) is 0 Å². The van der Waals surface area contributed by atoms with Crippen molar-refractivity contribution in [3.8, 4) is 0 Å². The monoisotopic (exact) mass is 595 g/mol. The Morgan fingerprint density at radius 1 is 0.647 bits per heavy atom. The summed E-state index contributed by atoms with van der Waals surface area (Å²) < 4.78 is 7.35. The summed E-state index contributed by atoms with van der Waals surface area (Å²) in [4.78, 5) is 0. The Bertz CT molecular complexity index is 1050. The minimum absolute atomic E-state index is 0.727. The molecule has 4 rings (SSSR count). The van der Waals surface area contributed by atoms with Gasteiger partial charge in [-0.15, -0.1) is 0 Å². The molecule has 0 bridgehead atoms. The van der Waals surface area contributed by atoms with Crippen molar-refractivity contribution < 1.29 is 16.3 Å². The summed E-state index contributed by atoms with van der Waals surface area (Å²) in [6.45, 7) is 9.63. The van der Waals surface area contributed by atoms with Gasteiger partial charge in [0.1, 0.15) is 0 Å². The summed E-state index contributed by atoms with van der Waals surface area (Å²) in [5, 5.41) is 0. The van der Waals surface area contributed by atoms with Gasteiger partial charge in [-0.2, -0.15) is 0 Å². The van der Waals surface area contributed by atoms with Crippen LogP contribution in [0.15, 0.2) is 59.7 Å². The van der Waals surface area contributed by atoms with Crippen molar-refractivity contribution in [3.63, 3.8) is 0 Å². The van der Waals surface area contributed by atoms with Crippen LogP contribution < -0.4 is 0 Å². The zero-order chi connectivity index (χ0) is 24.7. The molecule has 0 spiro atoms. The van der Waals surface area contributed by atoms with Gasteiger partial charge in [-0.25, -0.2) is 0 Å². The Hall–Kier alpha value is -0.654. The number of hydrogen-bond acceptors (Lipinski definition) is 0. The van der Waals surface area contributed by atoms with Crippen molar-refractivity contribution in [2.45, 2.75) is 94.2 Å². The van der Waals surface area contributed by atoms with Crippen molar-refractivity contribution in [1.82, 2.24) is 0 Å². The Balaban J connectivity index is 2.07. The van der Waals surface area contributed by atoms with E-state index in [2.05, 4.69) is 97.0 Å². The average molecular weight is 596 g/mol. The van der Waals surface area contributed by atoms with Crippen molar-refractivity contribution in [2.24, 2.45) is 0 Å². The number of benzene rings is 2. The quantitative estimate of drug-likeness (QED) is 0.253. The third kappa shape index (κ3) is 3.78. The van der Waals surface area contributed by atoms with E-state index < -0.39 is 26.8 Å². The third-order valence-electron chi connectivity index (χ3n) is 10.1. The maximum absolute atomic E-state index is 3.45. The molecular weight excluding hydrogens is 548 g/mol. The second-order valence-corrected chi connectivity index (χ2v) is 70.6. The van der Waals surface area contributed by atoms with E-state index in [9.17, 15) is 0 Å². The molecular formula is C32H47GeZr. The molecule has 0 N–H and O–H groups in total. The minimum atomic E-state index is -3.45. The molecule has 2 aromatic carbocycles. The SMILES string of the molecule is CCCC1=C(CC)[CH]([Zr]([CH3])([CH3])([CH]2C(CC)=C(CCC)c3ccccc32)[GeH]([CH3])[CH3])c2ccccc21. The van der Waals surface area contributed by atoms with Crippen LogP contribution in [-0.2, 0) is 16.3 Å². The van der Waals surface area contributed by atoms with Crippen LogP contribution in [0.1, 0.15) is 95.7 Å². The van der Waals surface area contributed by atoms with Crippen LogP contribution in [0.4, 0.5) is 0 Å². The number of fused-ring (bicyclic) bond motifs is 2. The first-order valence-corrected chi connectivity index (χ1v) is 35.3. The van der Waals surface area contributed by atoms with Crippen molar-refractivity contribution in [3.05, 3.63) is 81.9 Å². The second kappa shape index (κ2) is 10.0. The van der Waals surface area contributed by atoms with Crippen molar-refractivity contribution in [1.29, 1.82) is 0 Å². The van der Waals surface area contributed by atoms with Gasteiger partial charge in [-0.3, -0.25) is 0 Å². The Morgan fingerprint density at radius 3 is 1.35 bits per heavy atom. The molecule has 183 valence electrons. The standard InChI is InChI=1S/2C14H17.C2H7Ge.2CH3.Zr/c2*1-3-7-13-11(4-2)10-12-8-5-6-9-14(12)13;1-3-2;;;/h2*5-6,8-10H,3-4,7H2,1-2H3;3H,1-2H3;2*1H3;. The van der Waals surface area contributed by atoms with Gasteiger partial charge in [0.2, 0.25) is 0 Å². The fourth-order valence-corrected chi connectivity index (χ4v) is 51.4. The van der Waals surface area contributed by atoms with E-state index in [4.69, 9.17) is 0 Å². The summed E-state index contributed by atoms with van der Waals surface area (Å²) in [6, 6.07) is 19.2. The molecule has 0 fully saturated rings. The summed E-state index contributed by atoms with van der Waals surface area (Å²) in [5.74, 6) is 5.55. The molecule has 34 heavy (non-hydrogen) atoms. The molecule has 2 aliphatic carbocycles. The maximum atomic E-state index is 2.95. The van der Waals surface area contributed by atoms with E-state index >= 15 is 0 Å². The van der Waals surface area contributed by atoms with Crippen LogP contribution in [-0.4, -0.2) is 10.6 Å². The number of hydrogen-bond donors (Lipinski definition) is 0. The van der Waals surface area contributed by atoms with Crippen molar-refractivity contribution in [2.75, 3.05) is 0 Å². The van der Waals surface area contributed by atoms with Gasteiger partial charge < -0.3 is 0 Å². The molecule has 2 unspecified atom stereocenters. The first kappa shape index (κ1) is 26.4. The molecule has 2 aliphatic rings. The van der Waals surface area contributed by atoms with E-state index in [1.165, 1.54) is 38.5 Å². The van der Waals surface area contributed by atoms with E-state index in [-0.39, 0.29) is 0 Å². The van der Waals surface area contributed by atoms with E-state index in [0.29, 0.717) is 0 Å². The molecule has 0 aromatic heterocycles. The summed E-state index contributed by atoms with van der Waals surface area (Å²) in [5.41, 5.74) is 13.8. The number of allylic oxidation sites excluding steroid dienone is 4. The molecule has 2 atom stereocenters. The molecule has 0 radical (unpaired) electrons. The summed E-state index contributed by atoms with van der Waals surface area (Å²) in [6.07, 6.45) is 7.41. The van der Waals surface area contributed by atoms with E-state index in [1.54, 1.807) is 33.4 Å². The molecule has 2 heteroatoms. The molecule has 0 nitrogen and oxygen atoms in total. The molecule has 0 saturated heterocycles. The van der Waals surface area contributed by atoms with Gasteiger partial charge in [-0.05, 0) is 0 Å². The van der Waals surface area contributed by atoms with Crippen LogP contribution in [0.5, 0.6) is 0 Å². The first-order chi connectivity index (χ1) is 16.3. The summed E-state index contributed by atoms with van der Waals surface area (Å²) >= 11 is -3.45. The Labute approximate surface area is 212 Å². The normalized spacial score (nSPS) is 21.1. The fourth-order valence-electron chi connectivity index (χ4n) is 7.96. The van der Waals surface area contributed by atoms with Crippen LogP contribution >= 0.6 is 0 Å². The predicted octanol–water partition coefficient (Wildman–Crippen LogP) is 10.2. The van der Waals surface area contributed by atoms with Gasteiger partial charge >= 0.3 is 214 Å². The average Bonchev–Trinajstić information content (AvgIpc) is 3.33. The second-order valence-electron chi connectivity index (χ2n) is 12.1. The van der Waals surface area contributed by atoms with Crippen LogP contribution in [0.3, 0.4) is 0 Å². The summed E-state index contributed by atoms with van der Waals surface area (Å²) in [7, 11) is -1.60. The molecule has 0 amide bonds. The predicted molar refractivity (Wildman–Crippen MR) is 153 cm³/mol. The van der Waals surface area contributed by atoms with Gasteiger partial charge in [0.25, 0.3) is 0 Å². The Morgan fingerprint density at radius 2 is 1.03 bits per heavy atom. The third-order valence-corrected chi connectivity index (χ3v) is 84.7. The molecule has 2 aromatic rings. The molecule has 0 aliphatic heterocycles. The van der Waals surface area contributed by atoms with E-state index in [1.807, 2.05) is 11.1 Å². The van der Waals surface area contributed by atoms with E-state index in [0.717, 1.165) is 7.25 Å². The van der Waals surface area contributed by atoms with Gasteiger partial charge in [-0.1, -0.05) is 0 Å². The van der Waals surface area contributed by atoms with Crippen LogP contribution in [0.25, 0.3) is 11.1 Å². The fraction of sp³-hybridized carbons (Fsp3) is 0.500. The number of rotatable bonds is 9. The van der Waals surface area contributed by atoms with Crippen LogP contribution in [0, 0.1) is 0 Å². The zero-order valence-electron chi connectivity index (χ0n) is 23.1. The topological polar surface area (TPSA) is 0 Å². The first-order valence-electron chi connectivity index (χ1n) is 14.1. The molecule has 0 heterocycles.